The highest BCUT2D eigenvalue weighted by molar-refractivity contribution is 5.77. The van der Waals surface area contributed by atoms with Gasteiger partial charge >= 0.3 is 0 Å². The van der Waals surface area contributed by atoms with Crippen LogP contribution in [0.1, 0.15) is 19.3 Å². The number of nitrogens with zero attached hydrogens (tertiary/aromatic N) is 1. The maximum atomic E-state index is 12.3. The fourth-order valence-corrected chi connectivity index (χ4v) is 2.79. The lowest BCUT2D eigenvalue weighted by molar-refractivity contribution is -0.133. The van der Waals surface area contributed by atoms with E-state index in [2.05, 4.69) is 0 Å². The number of hydrogen-bond acceptors (Lipinski definition) is 6. The summed E-state index contributed by atoms with van der Waals surface area (Å²) in [5.41, 5.74) is -1.08. The number of benzene rings is 1. The van der Waals surface area contributed by atoms with Gasteiger partial charge in [-0.2, -0.15) is 0 Å². The van der Waals surface area contributed by atoms with Crippen molar-refractivity contribution in [1.82, 2.24) is 4.90 Å². The molecule has 126 valence electrons. The second kappa shape index (κ2) is 6.64. The van der Waals surface area contributed by atoms with Crippen molar-refractivity contribution in [2.45, 2.75) is 24.9 Å². The fourth-order valence-electron chi connectivity index (χ4n) is 2.79. The lowest BCUT2D eigenvalue weighted by atomic mass is 9.96. The highest BCUT2D eigenvalue weighted by atomic mass is 16.7. The molecule has 1 atom stereocenters. The summed E-state index contributed by atoms with van der Waals surface area (Å²) in [6, 6.07) is 5.17. The molecule has 0 aliphatic carbocycles. The van der Waals surface area contributed by atoms with Crippen molar-refractivity contribution in [3.05, 3.63) is 18.2 Å². The van der Waals surface area contributed by atoms with E-state index in [9.17, 15) is 15.0 Å². The number of aliphatic hydroxyl groups is 2. The third-order valence-electron chi connectivity index (χ3n) is 4.27. The van der Waals surface area contributed by atoms with E-state index in [0.29, 0.717) is 49.6 Å². The third kappa shape index (κ3) is 3.68. The largest absolute Gasteiger partial charge is 0.484 e. The monoisotopic (exact) mass is 323 g/mol. The van der Waals surface area contributed by atoms with E-state index in [1.54, 1.807) is 23.1 Å². The Bertz CT molecular complexity index is 578. The molecule has 23 heavy (non-hydrogen) atoms. The summed E-state index contributed by atoms with van der Waals surface area (Å²) in [6.07, 6.45) is 1.53. The summed E-state index contributed by atoms with van der Waals surface area (Å²) in [5.74, 6) is 1.69. The number of fused-ring (bicyclic) bond motifs is 1. The van der Waals surface area contributed by atoms with E-state index in [1.165, 1.54) is 0 Å². The molecule has 1 amide bonds. The van der Waals surface area contributed by atoms with Crippen LogP contribution < -0.4 is 14.2 Å². The number of carbonyl (C=O) groups is 1. The maximum Gasteiger partial charge on any atom is 0.260 e. The summed E-state index contributed by atoms with van der Waals surface area (Å²) >= 11 is 0. The normalized spacial score (nSPS) is 23.5. The van der Waals surface area contributed by atoms with Crippen LogP contribution in [0, 0.1) is 0 Å². The molecule has 2 aliphatic rings. The average molecular weight is 323 g/mol. The Morgan fingerprint density at radius 2 is 2.09 bits per heavy atom. The van der Waals surface area contributed by atoms with Crippen LogP contribution in [-0.2, 0) is 4.79 Å². The topological polar surface area (TPSA) is 88.5 Å². The lowest BCUT2D eigenvalue weighted by Crippen LogP contribution is -2.38. The number of amides is 1. The molecular formula is C16H21NO6. The van der Waals surface area contributed by atoms with Gasteiger partial charge in [0.1, 0.15) is 5.75 Å². The van der Waals surface area contributed by atoms with Gasteiger partial charge in [-0.1, -0.05) is 0 Å². The number of hydrogen-bond donors (Lipinski definition) is 2. The van der Waals surface area contributed by atoms with Gasteiger partial charge in [-0.05, 0) is 31.4 Å². The van der Waals surface area contributed by atoms with Gasteiger partial charge in [-0.3, -0.25) is 4.79 Å². The first-order chi connectivity index (χ1) is 11.1. The molecule has 0 saturated carbocycles. The smallest absolute Gasteiger partial charge is 0.260 e. The molecule has 2 N–H and O–H groups in total. The van der Waals surface area contributed by atoms with Crippen LogP contribution in [0.3, 0.4) is 0 Å². The second-order valence-corrected chi connectivity index (χ2v) is 5.92. The molecule has 7 nitrogen and oxygen atoms in total. The predicted molar refractivity (Wildman–Crippen MR) is 80.5 cm³/mol. The first kappa shape index (κ1) is 15.9. The van der Waals surface area contributed by atoms with Crippen molar-refractivity contribution >= 4 is 5.91 Å². The summed E-state index contributed by atoms with van der Waals surface area (Å²) in [6.45, 7) is 0.825. The molecule has 1 fully saturated rings. The van der Waals surface area contributed by atoms with E-state index in [0.717, 1.165) is 0 Å². The van der Waals surface area contributed by atoms with Gasteiger partial charge in [-0.25, -0.2) is 0 Å². The van der Waals surface area contributed by atoms with Crippen molar-refractivity contribution in [2.24, 2.45) is 0 Å². The molecule has 1 unspecified atom stereocenters. The molecule has 2 heterocycles. The van der Waals surface area contributed by atoms with Crippen molar-refractivity contribution in [2.75, 3.05) is 33.1 Å². The minimum absolute atomic E-state index is 0.0722. The van der Waals surface area contributed by atoms with Crippen LogP contribution in [0.25, 0.3) is 0 Å². The number of carbonyl (C=O) groups excluding carboxylic acids is 1. The Morgan fingerprint density at radius 3 is 2.91 bits per heavy atom. The molecule has 1 aromatic carbocycles. The van der Waals surface area contributed by atoms with Crippen molar-refractivity contribution in [3.63, 3.8) is 0 Å². The van der Waals surface area contributed by atoms with Crippen LogP contribution in [0.5, 0.6) is 17.2 Å². The van der Waals surface area contributed by atoms with E-state index in [1.807, 2.05) is 0 Å². The molecule has 1 aromatic rings. The van der Waals surface area contributed by atoms with Gasteiger partial charge in [0, 0.05) is 19.2 Å². The Labute approximate surface area is 134 Å². The highest BCUT2D eigenvalue weighted by Gasteiger charge is 2.30. The standard InChI is InChI=1S/C16H21NO6/c18-10-16(20)4-1-6-17(7-5-16)15(19)9-21-12-2-3-13-14(8-12)23-11-22-13/h2-3,8,18,20H,1,4-7,9-11H2. The molecule has 2 aliphatic heterocycles. The van der Waals surface area contributed by atoms with Crippen LogP contribution in [-0.4, -0.2) is 59.7 Å². The molecule has 0 aromatic heterocycles. The first-order valence-electron chi connectivity index (χ1n) is 7.73. The molecular weight excluding hydrogens is 302 g/mol. The molecule has 0 radical (unpaired) electrons. The maximum absolute atomic E-state index is 12.3. The third-order valence-corrected chi connectivity index (χ3v) is 4.27. The van der Waals surface area contributed by atoms with Crippen LogP contribution in [0.4, 0.5) is 0 Å². The van der Waals surface area contributed by atoms with Crippen molar-refractivity contribution < 1.29 is 29.2 Å². The number of aliphatic hydroxyl groups excluding tert-OH is 1. The van der Waals surface area contributed by atoms with Gasteiger partial charge in [0.15, 0.2) is 18.1 Å². The minimum Gasteiger partial charge on any atom is -0.484 e. The number of likely N-dealkylation sites (tertiary alicyclic amines) is 1. The summed E-state index contributed by atoms with van der Waals surface area (Å²) in [4.78, 5) is 13.9. The predicted octanol–water partition coefficient (Wildman–Crippen LogP) is 0.530. The average Bonchev–Trinajstić information content (AvgIpc) is 2.94. The molecule has 0 bridgehead atoms. The van der Waals surface area contributed by atoms with E-state index in [4.69, 9.17) is 14.2 Å². The van der Waals surface area contributed by atoms with Gasteiger partial charge in [0.25, 0.3) is 5.91 Å². The summed E-state index contributed by atoms with van der Waals surface area (Å²) in [5, 5.41) is 19.3. The lowest BCUT2D eigenvalue weighted by Gasteiger charge is -2.24. The van der Waals surface area contributed by atoms with Gasteiger partial charge in [-0.15, -0.1) is 0 Å². The Kier molecular flexibility index (Phi) is 4.58. The van der Waals surface area contributed by atoms with Crippen molar-refractivity contribution in [1.29, 1.82) is 0 Å². The molecule has 7 heteroatoms. The fraction of sp³-hybridized carbons (Fsp3) is 0.562. The molecule has 0 spiro atoms. The van der Waals surface area contributed by atoms with Gasteiger partial charge in [0.05, 0.1) is 12.2 Å². The van der Waals surface area contributed by atoms with E-state index in [-0.39, 0.29) is 25.9 Å². The van der Waals surface area contributed by atoms with Crippen LogP contribution >= 0.6 is 0 Å². The van der Waals surface area contributed by atoms with Crippen LogP contribution in [0.15, 0.2) is 18.2 Å². The van der Waals surface area contributed by atoms with Crippen molar-refractivity contribution in [3.8, 4) is 17.2 Å². The van der Waals surface area contributed by atoms with Crippen LogP contribution in [0.2, 0.25) is 0 Å². The zero-order chi connectivity index (χ0) is 16.3. The highest BCUT2D eigenvalue weighted by Crippen LogP contribution is 2.35. The minimum atomic E-state index is -1.08. The number of ether oxygens (including phenoxy) is 3. The quantitative estimate of drug-likeness (QED) is 0.840. The van der Waals surface area contributed by atoms with E-state index >= 15 is 0 Å². The second-order valence-electron chi connectivity index (χ2n) is 5.92. The summed E-state index contributed by atoms with van der Waals surface area (Å²) < 4.78 is 16.0. The Hall–Kier alpha value is -1.99. The zero-order valence-corrected chi connectivity index (χ0v) is 12.9. The van der Waals surface area contributed by atoms with Gasteiger partial charge < -0.3 is 29.3 Å². The Morgan fingerprint density at radius 1 is 1.26 bits per heavy atom. The SMILES string of the molecule is O=C(COc1ccc2c(c1)OCO2)N1CCCC(O)(CO)CC1. The zero-order valence-electron chi connectivity index (χ0n) is 12.9. The van der Waals surface area contributed by atoms with Gasteiger partial charge in [0.2, 0.25) is 6.79 Å². The van der Waals surface area contributed by atoms with E-state index < -0.39 is 5.60 Å². The first-order valence-corrected chi connectivity index (χ1v) is 7.73. The molecule has 1 saturated heterocycles. The number of rotatable bonds is 4. The summed E-state index contributed by atoms with van der Waals surface area (Å²) in [7, 11) is 0. The molecule has 3 rings (SSSR count). The Balaban J connectivity index is 1.53.